The van der Waals surface area contributed by atoms with E-state index in [1.54, 1.807) is 7.11 Å². The molecule has 3 heteroatoms. The van der Waals surface area contributed by atoms with Gasteiger partial charge >= 0.3 is 0 Å². The lowest BCUT2D eigenvalue weighted by Crippen LogP contribution is -2.36. The Morgan fingerprint density at radius 3 is 2.39 bits per heavy atom. The number of ether oxygens (including phenoxy) is 1. The van der Waals surface area contributed by atoms with Gasteiger partial charge in [0.25, 0.3) is 0 Å². The number of methoxy groups -OCH3 is 1. The molecule has 1 aromatic carbocycles. The van der Waals surface area contributed by atoms with Gasteiger partial charge in [0.15, 0.2) is 0 Å². The summed E-state index contributed by atoms with van der Waals surface area (Å²) in [5, 5.41) is 0. The van der Waals surface area contributed by atoms with Gasteiger partial charge in [-0.3, -0.25) is 4.90 Å². The second-order valence-electron chi connectivity index (χ2n) is 4.93. The highest BCUT2D eigenvalue weighted by Crippen LogP contribution is 2.14. The molecule has 0 aliphatic heterocycles. The monoisotopic (exact) mass is 250 g/mol. The van der Waals surface area contributed by atoms with E-state index in [-0.39, 0.29) is 6.04 Å². The Bertz CT molecular complexity index is 314. The smallest absolute Gasteiger partial charge is 0.0589 e. The molecule has 2 N–H and O–H groups in total. The maximum absolute atomic E-state index is 6.21. The quantitative estimate of drug-likeness (QED) is 0.770. The third-order valence-electron chi connectivity index (χ3n) is 3.27. The molecule has 0 fully saturated rings. The highest BCUT2D eigenvalue weighted by atomic mass is 16.5. The topological polar surface area (TPSA) is 38.5 Å². The van der Waals surface area contributed by atoms with Crippen LogP contribution in [0.15, 0.2) is 30.3 Å². The Labute approximate surface area is 111 Å². The van der Waals surface area contributed by atoms with Crippen molar-refractivity contribution in [3.63, 3.8) is 0 Å². The molecule has 0 heterocycles. The van der Waals surface area contributed by atoms with Gasteiger partial charge in [0.1, 0.15) is 0 Å². The zero-order valence-electron chi connectivity index (χ0n) is 11.8. The molecule has 1 atom stereocenters. The molecule has 0 radical (unpaired) electrons. The largest absolute Gasteiger partial charge is 0.383 e. The minimum absolute atomic E-state index is 0.120. The first-order chi connectivity index (χ1) is 8.65. The fraction of sp³-hybridized carbons (Fsp3) is 0.600. The Kier molecular flexibility index (Phi) is 6.94. The van der Waals surface area contributed by atoms with Gasteiger partial charge in [0.2, 0.25) is 0 Å². The molecular weight excluding hydrogens is 224 g/mol. The molecule has 1 aromatic rings. The Hall–Kier alpha value is -0.900. The van der Waals surface area contributed by atoms with E-state index in [0.29, 0.717) is 6.04 Å². The van der Waals surface area contributed by atoms with Crippen LogP contribution >= 0.6 is 0 Å². The van der Waals surface area contributed by atoms with Crippen LogP contribution in [0.2, 0.25) is 0 Å². The summed E-state index contributed by atoms with van der Waals surface area (Å²) in [6, 6.07) is 11.0. The Balaban J connectivity index is 2.42. The molecule has 0 saturated heterocycles. The minimum Gasteiger partial charge on any atom is -0.383 e. The summed E-state index contributed by atoms with van der Waals surface area (Å²) in [6.07, 6.45) is 0.978. The number of nitrogens with zero attached hydrogens (tertiary/aromatic N) is 1. The molecule has 0 aliphatic carbocycles. The average Bonchev–Trinajstić information content (AvgIpc) is 2.39. The fourth-order valence-electron chi connectivity index (χ4n) is 2.01. The van der Waals surface area contributed by atoms with Crippen molar-refractivity contribution in [1.29, 1.82) is 0 Å². The molecule has 0 bridgehead atoms. The highest BCUT2D eigenvalue weighted by molar-refractivity contribution is 5.18. The maximum atomic E-state index is 6.21. The second kappa shape index (κ2) is 8.25. The van der Waals surface area contributed by atoms with Gasteiger partial charge < -0.3 is 10.5 Å². The molecule has 0 amide bonds. The first-order valence-electron chi connectivity index (χ1n) is 6.68. The average molecular weight is 250 g/mol. The lowest BCUT2D eigenvalue weighted by atomic mass is 10.0. The van der Waals surface area contributed by atoms with Crippen LogP contribution in [0.4, 0.5) is 0 Å². The van der Waals surface area contributed by atoms with Crippen molar-refractivity contribution in [2.75, 3.05) is 26.8 Å². The van der Waals surface area contributed by atoms with Crippen LogP contribution in [-0.2, 0) is 4.74 Å². The van der Waals surface area contributed by atoms with Crippen molar-refractivity contribution in [2.45, 2.75) is 32.4 Å². The van der Waals surface area contributed by atoms with E-state index in [1.807, 2.05) is 18.2 Å². The van der Waals surface area contributed by atoms with Crippen molar-refractivity contribution >= 4 is 0 Å². The van der Waals surface area contributed by atoms with E-state index in [4.69, 9.17) is 10.5 Å². The van der Waals surface area contributed by atoms with Gasteiger partial charge in [-0.05, 0) is 25.8 Å². The van der Waals surface area contributed by atoms with Crippen molar-refractivity contribution in [3.8, 4) is 0 Å². The van der Waals surface area contributed by atoms with Crippen LogP contribution in [0.5, 0.6) is 0 Å². The zero-order chi connectivity index (χ0) is 13.4. The molecule has 0 saturated carbocycles. The summed E-state index contributed by atoms with van der Waals surface area (Å²) < 4.78 is 5.14. The summed E-state index contributed by atoms with van der Waals surface area (Å²) in [5.74, 6) is 0. The van der Waals surface area contributed by atoms with E-state index < -0.39 is 0 Å². The van der Waals surface area contributed by atoms with Gasteiger partial charge in [0.05, 0.1) is 6.61 Å². The van der Waals surface area contributed by atoms with Crippen molar-refractivity contribution in [1.82, 2.24) is 4.90 Å². The van der Waals surface area contributed by atoms with Crippen LogP contribution in [0, 0.1) is 0 Å². The third kappa shape index (κ3) is 5.17. The van der Waals surface area contributed by atoms with Crippen LogP contribution in [-0.4, -0.2) is 37.7 Å². The lowest BCUT2D eigenvalue weighted by Gasteiger charge is -2.27. The summed E-state index contributed by atoms with van der Waals surface area (Å²) >= 11 is 0. The van der Waals surface area contributed by atoms with Gasteiger partial charge in [-0.15, -0.1) is 0 Å². The SMILES string of the molecule is COCCN(CCC(N)c1ccccc1)C(C)C. The van der Waals surface area contributed by atoms with Crippen LogP contribution in [0.3, 0.4) is 0 Å². The molecule has 102 valence electrons. The Morgan fingerprint density at radius 2 is 1.83 bits per heavy atom. The molecule has 18 heavy (non-hydrogen) atoms. The van der Waals surface area contributed by atoms with Crippen molar-refractivity contribution < 1.29 is 4.74 Å². The van der Waals surface area contributed by atoms with E-state index in [9.17, 15) is 0 Å². The zero-order valence-corrected chi connectivity index (χ0v) is 11.8. The first kappa shape index (κ1) is 15.2. The minimum atomic E-state index is 0.120. The standard InChI is InChI=1S/C15H26N2O/c1-13(2)17(11-12-18-3)10-9-15(16)14-7-5-4-6-8-14/h4-8,13,15H,9-12,16H2,1-3H3. The summed E-state index contributed by atoms with van der Waals surface area (Å²) in [5.41, 5.74) is 7.43. The fourth-order valence-corrected chi connectivity index (χ4v) is 2.01. The normalized spacial score (nSPS) is 13.2. The second-order valence-corrected chi connectivity index (χ2v) is 4.93. The highest BCUT2D eigenvalue weighted by Gasteiger charge is 2.12. The van der Waals surface area contributed by atoms with E-state index in [0.717, 1.165) is 26.1 Å². The van der Waals surface area contributed by atoms with E-state index in [1.165, 1.54) is 5.56 Å². The first-order valence-corrected chi connectivity index (χ1v) is 6.68. The van der Waals surface area contributed by atoms with Gasteiger partial charge in [-0.25, -0.2) is 0 Å². The number of hydrogen-bond donors (Lipinski definition) is 1. The van der Waals surface area contributed by atoms with Crippen LogP contribution in [0.25, 0.3) is 0 Å². The van der Waals surface area contributed by atoms with Crippen molar-refractivity contribution in [2.24, 2.45) is 5.73 Å². The number of nitrogens with two attached hydrogens (primary N) is 1. The van der Waals surface area contributed by atoms with Crippen LogP contribution < -0.4 is 5.73 Å². The summed E-state index contributed by atoms with van der Waals surface area (Å²) in [4.78, 5) is 2.41. The van der Waals surface area contributed by atoms with Gasteiger partial charge in [0, 0.05) is 32.3 Å². The third-order valence-corrected chi connectivity index (χ3v) is 3.27. The number of benzene rings is 1. The predicted molar refractivity (Wildman–Crippen MR) is 76.6 cm³/mol. The van der Waals surface area contributed by atoms with Crippen molar-refractivity contribution in [3.05, 3.63) is 35.9 Å². The predicted octanol–water partition coefficient (Wildman–Crippen LogP) is 2.43. The van der Waals surface area contributed by atoms with Crippen LogP contribution in [0.1, 0.15) is 31.9 Å². The maximum Gasteiger partial charge on any atom is 0.0589 e. The summed E-state index contributed by atoms with van der Waals surface area (Å²) in [7, 11) is 1.74. The molecule has 0 aliphatic rings. The lowest BCUT2D eigenvalue weighted by molar-refractivity contribution is 0.127. The molecular formula is C15H26N2O. The van der Waals surface area contributed by atoms with E-state index >= 15 is 0 Å². The van der Waals surface area contributed by atoms with Gasteiger partial charge in [-0.1, -0.05) is 30.3 Å². The summed E-state index contributed by atoms with van der Waals surface area (Å²) in [6.45, 7) is 7.18. The molecule has 3 nitrogen and oxygen atoms in total. The molecule has 0 aromatic heterocycles. The Morgan fingerprint density at radius 1 is 1.17 bits per heavy atom. The number of rotatable bonds is 8. The molecule has 0 spiro atoms. The van der Waals surface area contributed by atoms with E-state index in [2.05, 4.69) is 30.9 Å². The molecule has 1 rings (SSSR count). The van der Waals surface area contributed by atoms with Gasteiger partial charge in [-0.2, -0.15) is 0 Å². The molecule has 1 unspecified atom stereocenters. The number of hydrogen-bond acceptors (Lipinski definition) is 3.